The van der Waals surface area contributed by atoms with Crippen LogP contribution in [-0.2, 0) is 13.1 Å². The first kappa shape index (κ1) is 16.3. The fourth-order valence-corrected chi connectivity index (χ4v) is 2.30. The molecule has 22 heavy (non-hydrogen) atoms. The van der Waals surface area contributed by atoms with E-state index < -0.39 is 0 Å². The zero-order chi connectivity index (χ0) is 16.1. The normalized spacial score (nSPS) is 10.5. The van der Waals surface area contributed by atoms with Crippen LogP contribution in [0.4, 0.5) is 10.1 Å². The number of benzene rings is 2. The maximum Gasteiger partial charge on any atom is 0.128 e. The molecule has 0 aliphatic heterocycles. The molecule has 2 rings (SSSR count). The monoisotopic (exact) mass is 317 g/mol. The summed E-state index contributed by atoms with van der Waals surface area (Å²) in [7, 11) is 3.80. The molecular weight excluding hydrogens is 301 g/mol. The lowest BCUT2D eigenvalue weighted by Crippen LogP contribution is -2.12. The minimum absolute atomic E-state index is 0.218. The van der Waals surface area contributed by atoms with Crippen molar-refractivity contribution in [2.24, 2.45) is 0 Å². The van der Waals surface area contributed by atoms with Gasteiger partial charge in [-0.2, -0.15) is 5.26 Å². The molecule has 2 aromatic carbocycles. The van der Waals surface area contributed by atoms with E-state index >= 15 is 0 Å². The molecule has 2 aromatic rings. The molecule has 114 valence electrons. The first-order valence-electron chi connectivity index (χ1n) is 6.85. The average Bonchev–Trinajstić information content (AvgIpc) is 2.48. The molecule has 0 aliphatic carbocycles. The lowest BCUT2D eigenvalue weighted by atomic mass is 10.1. The first-order valence-corrected chi connectivity index (χ1v) is 7.23. The van der Waals surface area contributed by atoms with Gasteiger partial charge in [-0.25, -0.2) is 4.39 Å². The topological polar surface area (TPSA) is 39.1 Å². The van der Waals surface area contributed by atoms with E-state index in [1.54, 1.807) is 24.3 Å². The summed E-state index contributed by atoms with van der Waals surface area (Å²) in [6, 6.07) is 12.4. The third kappa shape index (κ3) is 4.20. The van der Waals surface area contributed by atoms with Gasteiger partial charge in [0, 0.05) is 23.7 Å². The van der Waals surface area contributed by atoms with Crippen LogP contribution in [0.15, 0.2) is 36.4 Å². The Hall–Kier alpha value is -2.09. The van der Waals surface area contributed by atoms with Crippen molar-refractivity contribution >= 4 is 17.3 Å². The van der Waals surface area contributed by atoms with Crippen molar-refractivity contribution in [3.05, 3.63) is 63.9 Å². The maximum atomic E-state index is 14.0. The summed E-state index contributed by atoms with van der Waals surface area (Å²) < 4.78 is 14.0. The lowest BCUT2D eigenvalue weighted by molar-refractivity contribution is 0.392. The van der Waals surface area contributed by atoms with E-state index in [1.807, 2.05) is 25.1 Å². The summed E-state index contributed by atoms with van der Waals surface area (Å²) in [6.45, 7) is 1.00. The molecule has 0 bridgehead atoms. The smallest absolute Gasteiger partial charge is 0.128 e. The number of nitriles is 1. The Bertz CT molecular complexity index is 708. The van der Waals surface area contributed by atoms with E-state index in [-0.39, 0.29) is 5.82 Å². The summed E-state index contributed by atoms with van der Waals surface area (Å²) in [5, 5.41) is 12.7. The van der Waals surface area contributed by atoms with Gasteiger partial charge < -0.3 is 10.2 Å². The average molecular weight is 318 g/mol. The second kappa shape index (κ2) is 7.26. The number of nitrogens with one attached hydrogen (secondary N) is 1. The summed E-state index contributed by atoms with van der Waals surface area (Å²) in [4.78, 5) is 1.92. The molecule has 0 aromatic heterocycles. The molecule has 0 unspecified atom stereocenters. The fraction of sp³-hybridized carbons (Fsp3) is 0.235. The predicted molar refractivity (Wildman–Crippen MR) is 87.3 cm³/mol. The van der Waals surface area contributed by atoms with Crippen molar-refractivity contribution in [3.63, 3.8) is 0 Å². The third-order valence-electron chi connectivity index (χ3n) is 3.19. The molecule has 5 heteroatoms. The van der Waals surface area contributed by atoms with Crippen LogP contribution >= 0.6 is 11.6 Å². The van der Waals surface area contributed by atoms with Crippen molar-refractivity contribution < 1.29 is 4.39 Å². The van der Waals surface area contributed by atoms with Crippen molar-refractivity contribution in [2.45, 2.75) is 13.1 Å². The van der Waals surface area contributed by atoms with E-state index in [4.69, 9.17) is 16.9 Å². The van der Waals surface area contributed by atoms with Gasteiger partial charge in [0.1, 0.15) is 11.9 Å². The van der Waals surface area contributed by atoms with Crippen molar-refractivity contribution in [2.75, 3.05) is 19.4 Å². The van der Waals surface area contributed by atoms with Crippen LogP contribution in [0.5, 0.6) is 0 Å². The highest BCUT2D eigenvalue weighted by Gasteiger charge is 2.06. The number of hydrogen-bond acceptors (Lipinski definition) is 3. The van der Waals surface area contributed by atoms with Gasteiger partial charge in [-0.3, -0.25) is 0 Å². The zero-order valence-electron chi connectivity index (χ0n) is 12.5. The number of hydrogen-bond donors (Lipinski definition) is 1. The Morgan fingerprint density at radius 1 is 1.23 bits per heavy atom. The molecule has 1 N–H and O–H groups in total. The Kier molecular flexibility index (Phi) is 5.37. The Labute approximate surface area is 134 Å². The second-order valence-corrected chi connectivity index (χ2v) is 5.76. The predicted octanol–water partition coefficient (Wildman–Crippen LogP) is 4.02. The molecule has 0 heterocycles. The standard InChI is InChI=1S/C17H17ClFN3/c1-22(2)11-13-4-3-12(7-16(13)19)10-21-17-6-5-15(18)8-14(17)9-20/h3-8,21H,10-11H2,1-2H3. The third-order valence-corrected chi connectivity index (χ3v) is 3.42. The number of anilines is 1. The Balaban J connectivity index is 2.09. The highest BCUT2D eigenvalue weighted by Crippen LogP contribution is 2.21. The molecule has 0 fully saturated rings. The van der Waals surface area contributed by atoms with Crippen LogP contribution < -0.4 is 5.32 Å². The van der Waals surface area contributed by atoms with Crippen molar-refractivity contribution in [1.29, 1.82) is 5.26 Å². The number of halogens is 2. The van der Waals surface area contributed by atoms with Crippen LogP contribution in [0.25, 0.3) is 0 Å². The Morgan fingerprint density at radius 2 is 2.00 bits per heavy atom. The summed E-state index contributed by atoms with van der Waals surface area (Å²) in [6.07, 6.45) is 0. The van der Waals surface area contributed by atoms with Gasteiger partial charge in [0.15, 0.2) is 0 Å². The van der Waals surface area contributed by atoms with E-state index in [9.17, 15) is 4.39 Å². The van der Waals surface area contributed by atoms with Crippen molar-refractivity contribution in [3.8, 4) is 6.07 Å². The van der Waals surface area contributed by atoms with Gasteiger partial charge in [0.2, 0.25) is 0 Å². The van der Waals surface area contributed by atoms with E-state index in [0.29, 0.717) is 34.9 Å². The molecule has 0 aliphatic rings. The quantitative estimate of drug-likeness (QED) is 0.905. The zero-order valence-corrected chi connectivity index (χ0v) is 13.3. The SMILES string of the molecule is CN(C)Cc1ccc(CNc2ccc(Cl)cc2C#N)cc1F. The summed E-state index contributed by atoms with van der Waals surface area (Å²) in [5.74, 6) is -0.218. The van der Waals surface area contributed by atoms with Gasteiger partial charge >= 0.3 is 0 Å². The van der Waals surface area contributed by atoms with Gasteiger partial charge in [0.25, 0.3) is 0 Å². The number of nitrogens with zero attached hydrogens (tertiary/aromatic N) is 2. The minimum atomic E-state index is -0.218. The van der Waals surface area contributed by atoms with Gasteiger partial charge in [-0.1, -0.05) is 23.7 Å². The van der Waals surface area contributed by atoms with Gasteiger partial charge in [-0.05, 0) is 43.9 Å². The van der Waals surface area contributed by atoms with Crippen LogP contribution in [-0.4, -0.2) is 19.0 Å². The van der Waals surface area contributed by atoms with Crippen LogP contribution in [0.2, 0.25) is 5.02 Å². The fourth-order valence-electron chi connectivity index (χ4n) is 2.13. The number of rotatable bonds is 5. The van der Waals surface area contributed by atoms with E-state index in [0.717, 1.165) is 5.56 Å². The molecule has 0 radical (unpaired) electrons. The van der Waals surface area contributed by atoms with E-state index in [2.05, 4.69) is 11.4 Å². The molecule has 0 atom stereocenters. The molecule has 0 saturated carbocycles. The highest BCUT2D eigenvalue weighted by atomic mass is 35.5. The molecule has 0 spiro atoms. The van der Waals surface area contributed by atoms with Crippen LogP contribution in [0, 0.1) is 17.1 Å². The maximum absolute atomic E-state index is 14.0. The van der Waals surface area contributed by atoms with E-state index in [1.165, 1.54) is 6.07 Å². The first-order chi connectivity index (χ1) is 10.5. The summed E-state index contributed by atoms with van der Waals surface area (Å²) >= 11 is 5.86. The van der Waals surface area contributed by atoms with Gasteiger partial charge in [0.05, 0.1) is 11.3 Å². The van der Waals surface area contributed by atoms with Gasteiger partial charge in [-0.15, -0.1) is 0 Å². The van der Waals surface area contributed by atoms with Crippen molar-refractivity contribution in [1.82, 2.24) is 4.90 Å². The lowest BCUT2D eigenvalue weighted by Gasteiger charge is -2.12. The largest absolute Gasteiger partial charge is 0.380 e. The van der Waals surface area contributed by atoms with Crippen LogP contribution in [0.3, 0.4) is 0 Å². The molecule has 0 amide bonds. The second-order valence-electron chi connectivity index (χ2n) is 5.32. The van der Waals surface area contributed by atoms with Crippen LogP contribution in [0.1, 0.15) is 16.7 Å². The Morgan fingerprint density at radius 3 is 2.64 bits per heavy atom. The molecular formula is C17H17ClFN3. The highest BCUT2D eigenvalue weighted by molar-refractivity contribution is 6.30. The molecule has 0 saturated heterocycles. The molecule has 3 nitrogen and oxygen atoms in total. The summed E-state index contributed by atoms with van der Waals surface area (Å²) in [5.41, 5.74) is 2.64. The minimum Gasteiger partial charge on any atom is -0.380 e.